The van der Waals surface area contributed by atoms with Gasteiger partial charge in [-0.25, -0.2) is 8.78 Å². The Labute approximate surface area is 117 Å². The van der Waals surface area contributed by atoms with Gasteiger partial charge in [-0.15, -0.1) is 0 Å². The lowest BCUT2D eigenvalue weighted by Gasteiger charge is -2.15. The normalized spacial score (nSPS) is 12.2. The van der Waals surface area contributed by atoms with Crippen LogP contribution in [0, 0.1) is 11.6 Å². The molecule has 20 heavy (non-hydrogen) atoms. The molecule has 4 heteroatoms. The highest BCUT2D eigenvalue weighted by Gasteiger charge is 2.11. The molecule has 0 amide bonds. The van der Waals surface area contributed by atoms with Gasteiger partial charge < -0.3 is 10.1 Å². The summed E-state index contributed by atoms with van der Waals surface area (Å²) in [6.07, 6.45) is 0. The van der Waals surface area contributed by atoms with Gasteiger partial charge in [0.05, 0.1) is 7.11 Å². The highest BCUT2D eigenvalue weighted by atomic mass is 19.1. The number of benzene rings is 2. The molecular weight excluding hydrogens is 260 g/mol. The number of ether oxygens (including phenoxy) is 1. The standard InChI is InChI=1S/C16H17F2NO/c1-11(15-8-7-14(20-2)9-16(15)18)19-10-12-3-5-13(17)6-4-12/h3-9,11,19H,10H2,1-2H3. The minimum Gasteiger partial charge on any atom is -0.497 e. The maximum atomic E-state index is 13.9. The van der Waals surface area contributed by atoms with Crippen LogP contribution in [0.2, 0.25) is 0 Å². The third kappa shape index (κ3) is 3.54. The Morgan fingerprint density at radius 3 is 2.40 bits per heavy atom. The Balaban J connectivity index is 2.01. The summed E-state index contributed by atoms with van der Waals surface area (Å²) < 4.78 is 31.7. The molecule has 1 atom stereocenters. The molecule has 0 radical (unpaired) electrons. The highest BCUT2D eigenvalue weighted by Crippen LogP contribution is 2.22. The zero-order chi connectivity index (χ0) is 14.5. The molecule has 0 bridgehead atoms. The fourth-order valence-corrected chi connectivity index (χ4v) is 1.97. The number of nitrogens with one attached hydrogen (secondary N) is 1. The lowest BCUT2D eigenvalue weighted by molar-refractivity contribution is 0.409. The first-order chi connectivity index (χ1) is 9.60. The van der Waals surface area contributed by atoms with Gasteiger partial charge in [-0.2, -0.15) is 0 Å². The van der Waals surface area contributed by atoms with Crippen molar-refractivity contribution < 1.29 is 13.5 Å². The van der Waals surface area contributed by atoms with Gasteiger partial charge in [0.2, 0.25) is 0 Å². The largest absolute Gasteiger partial charge is 0.497 e. The zero-order valence-electron chi connectivity index (χ0n) is 11.5. The third-order valence-electron chi connectivity index (χ3n) is 3.20. The van der Waals surface area contributed by atoms with E-state index in [1.165, 1.54) is 25.3 Å². The first kappa shape index (κ1) is 14.5. The summed E-state index contributed by atoms with van der Waals surface area (Å²) in [7, 11) is 1.50. The minimum atomic E-state index is -0.302. The van der Waals surface area contributed by atoms with Gasteiger partial charge in [-0.05, 0) is 30.7 Å². The van der Waals surface area contributed by atoms with Crippen molar-refractivity contribution in [2.45, 2.75) is 19.5 Å². The van der Waals surface area contributed by atoms with Gasteiger partial charge in [-0.3, -0.25) is 0 Å². The SMILES string of the molecule is COc1ccc(C(C)NCc2ccc(F)cc2)c(F)c1. The molecule has 106 valence electrons. The van der Waals surface area contributed by atoms with Crippen LogP contribution in [0.4, 0.5) is 8.78 Å². The second-order valence-corrected chi connectivity index (χ2v) is 4.62. The molecule has 0 saturated carbocycles. The van der Waals surface area contributed by atoms with E-state index in [9.17, 15) is 8.78 Å². The fourth-order valence-electron chi connectivity index (χ4n) is 1.97. The van der Waals surface area contributed by atoms with E-state index in [-0.39, 0.29) is 17.7 Å². The second kappa shape index (κ2) is 6.48. The van der Waals surface area contributed by atoms with Crippen LogP contribution in [0.15, 0.2) is 42.5 Å². The van der Waals surface area contributed by atoms with Crippen molar-refractivity contribution in [2.75, 3.05) is 7.11 Å². The summed E-state index contributed by atoms with van der Waals surface area (Å²) in [6.45, 7) is 2.43. The number of methoxy groups -OCH3 is 1. The van der Waals surface area contributed by atoms with Crippen molar-refractivity contribution in [3.05, 3.63) is 65.2 Å². The van der Waals surface area contributed by atoms with E-state index in [0.29, 0.717) is 17.9 Å². The summed E-state index contributed by atoms with van der Waals surface area (Å²) in [4.78, 5) is 0. The Bertz CT molecular complexity index is 569. The lowest BCUT2D eigenvalue weighted by atomic mass is 10.1. The average molecular weight is 277 g/mol. The molecule has 0 saturated heterocycles. The number of hydrogen-bond donors (Lipinski definition) is 1. The average Bonchev–Trinajstić information content (AvgIpc) is 2.46. The van der Waals surface area contributed by atoms with Crippen LogP contribution in [0.25, 0.3) is 0 Å². The summed E-state index contributed by atoms with van der Waals surface area (Å²) in [5.74, 6) is -0.0663. The van der Waals surface area contributed by atoms with Crippen LogP contribution < -0.4 is 10.1 Å². The van der Waals surface area contributed by atoms with Crippen molar-refractivity contribution in [1.29, 1.82) is 0 Å². The molecule has 1 unspecified atom stereocenters. The van der Waals surface area contributed by atoms with E-state index in [0.717, 1.165) is 5.56 Å². The van der Waals surface area contributed by atoms with Crippen molar-refractivity contribution in [3.8, 4) is 5.75 Å². The smallest absolute Gasteiger partial charge is 0.131 e. The molecule has 2 nitrogen and oxygen atoms in total. The number of hydrogen-bond acceptors (Lipinski definition) is 2. The molecule has 0 aromatic heterocycles. The molecule has 0 aliphatic rings. The molecule has 0 fully saturated rings. The molecule has 2 rings (SSSR count). The van der Waals surface area contributed by atoms with Crippen LogP contribution in [0.3, 0.4) is 0 Å². The molecular formula is C16H17F2NO. The van der Waals surface area contributed by atoms with Gasteiger partial charge in [0, 0.05) is 24.2 Å². The quantitative estimate of drug-likeness (QED) is 0.897. The summed E-state index contributed by atoms with van der Waals surface area (Å²) in [5.41, 5.74) is 1.53. The first-order valence-corrected chi connectivity index (χ1v) is 6.41. The Morgan fingerprint density at radius 2 is 1.80 bits per heavy atom. The molecule has 2 aromatic carbocycles. The second-order valence-electron chi connectivity index (χ2n) is 4.62. The van der Waals surface area contributed by atoms with Gasteiger partial charge in [-0.1, -0.05) is 18.2 Å². The summed E-state index contributed by atoms with van der Waals surface area (Å²) in [6, 6.07) is 10.9. The molecule has 2 aromatic rings. The van der Waals surface area contributed by atoms with E-state index in [1.807, 2.05) is 6.92 Å². The fraction of sp³-hybridized carbons (Fsp3) is 0.250. The van der Waals surface area contributed by atoms with E-state index < -0.39 is 0 Å². The van der Waals surface area contributed by atoms with Crippen molar-refractivity contribution in [2.24, 2.45) is 0 Å². The summed E-state index contributed by atoms with van der Waals surface area (Å²) >= 11 is 0. The maximum absolute atomic E-state index is 13.9. The van der Waals surface area contributed by atoms with Gasteiger partial charge in [0.25, 0.3) is 0 Å². The Hall–Kier alpha value is -1.94. The molecule has 0 spiro atoms. The van der Waals surface area contributed by atoms with Crippen LogP contribution in [0.1, 0.15) is 24.1 Å². The summed E-state index contributed by atoms with van der Waals surface area (Å²) in [5, 5.41) is 3.21. The van der Waals surface area contributed by atoms with E-state index in [4.69, 9.17) is 4.74 Å². The Kier molecular flexibility index (Phi) is 4.69. The number of halogens is 2. The van der Waals surface area contributed by atoms with E-state index in [1.54, 1.807) is 24.3 Å². The maximum Gasteiger partial charge on any atom is 0.131 e. The Morgan fingerprint density at radius 1 is 1.10 bits per heavy atom. The van der Waals surface area contributed by atoms with Crippen LogP contribution in [-0.2, 0) is 6.54 Å². The predicted octanol–water partition coefficient (Wildman–Crippen LogP) is 3.82. The highest BCUT2D eigenvalue weighted by molar-refractivity contribution is 5.30. The molecule has 0 aliphatic heterocycles. The number of rotatable bonds is 5. The van der Waals surface area contributed by atoms with Crippen LogP contribution in [-0.4, -0.2) is 7.11 Å². The van der Waals surface area contributed by atoms with E-state index >= 15 is 0 Å². The van der Waals surface area contributed by atoms with E-state index in [2.05, 4.69) is 5.32 Å². The minimum absolute atomic E-state index is 0.147. The topological polar surface area (TPSA) is 21.3 Å². The van der Waals surface area contributed by atoms with Crippen LogP contribution >= 0.6 is 0 Å². The van der Waals surface area contributed by atoms with Crippen molar-refractivity contribution in [1.82, 2.24) is 5.32 Å². The van der Waals surface area contributed by atoms with Gasteiger partial charge in [0.15, 0.2) is 0 Å². The first-order valence-electron chi connectivity index (χ1n) is 6.41. The lowest BCUT2D eigenvalue weighted by Crippen LogP contribution is -2.19. The third-order valence-corrected chi connectivity index (χ3v) is 3.20. The monoisotopic (exact) mass is 277 g/mol. The van der Waals surface area contributed by atoms with Gasteiger partial charge >= 0.3 is 0 Å². The zero-order valence-corrected chi connectivity index (χ0v) is 11.5. The van der Waals surface area contributed by atoms with Crippen LogP contribution in [0.5, 0.6) is 5.75 Å². The van der Waals surface area contributed by atoms with Crippen molar-refractivity contribution >= 4 is 0 Å². The molecule has 0 heterocycles. The predicted molar refractivity (Wildman–Crippen MR) is 74.6 cm³/mol. The molecule has 0 aliphatic carbocycles. The molecule has 1 N–H and O–H groups in total. The van der Waals surface area contributed by atoms with Crippen molar-refractivity contribution in [3.63, 3.8) is 0 Å². The van der Waals surface area contributed by atoms with Gasteiger partial charge in [0.1, 0.15) is 17.4 Å².